The highest BCUT2D eigenvalue weighted by molar-refractivity contribution is 5.83. The maximum atomic E-state index is 12.6. The van der Waals surface area contributed by atoms with Gasteiger partial charge in [0.25, 0.3) is 0 Å². The topological polar surface area (TPSA) is 55.1 Å². The molecule has 3 unspecified atom stereocenters. The van der Waals surface area contributed by atoms with Crippen molar-refractivity contribution in [1.29, 1.82) is 0 Å². The van der Waals surface area contributed by atoms with Crippen molar-refractivity contribution < 1.29 is 4.79 Å². The molecule has 3 heteroatoms. The second-order valence-electron chi connectivity index (χ2n) is 7.75. The van der Waals surface area contributed by atoms with E-state index in [2.05, 4.69) is 26.1 Å². The lowest BCUT2D eigenvalue weighted by Gasteiger charge is -2.43. The molecule has 3 N–H and O–H groups in total. The third kappa shape index (κ3) is 2.28. The van der Waals surface area contributed by atoms with E-state index in [1.165, 1.54) is 19.3 Å². The van der Waals surface area contributed by atoms with E-state index in [1.807, 2.05) is 30.3 Å². The van der Waals surface area contributed by atoms with Crippen molar-refractivity contribution in [2.45, 2.75) is 52.1 Å². The van der Waals surface area contributed by atoms with Gasteiger partial charge in [-0.05, 0) is 41.6 Å². The van der Waals surface area contributed by atoms with Gasteiger partial charge in [0.05, 0.1) is 0 Å². The summed E-state index contributed by atoms with van der Waals surface area (Å²) in [5, 5.41) is 3.28. The van der Waals surface area contributed by atoms with Gasteiger partial charge < -0.3 is 11.1 Å². The van der Waals surface area contributed by atoms with Crippen LogP contribution in [0.25, 0.3) is 0 Å². The summed E-state index contributed by atoms with van der Waals surface area (Å²) in [5.41, 5.74) is 7.41. The molecule has 3 rings (SSSR count). The van der Waals surface area contributed by atoms with E-state index in [9.17, 15) is 4.79 Å². The van der Waals surface area contributed by atoms with Gasteiger partial charge in [0.2, 0.25) is 5.91 Å². The van der Waals surface area contributed by atoms with Crippen LogP contribution in [-0.2, 0) is 4.79 Å². The Morgan fingerprint density at radius 1 is 1.29 bits per heavy atom. The largest absolute Gasteiger partial charge is 0.351 e. The zero-order chi connectivity index (χ0) is 15.3. The Kier molecular flexibility index (Phi) is 3.36. The SMILES string of the molecule is CC12CCC(C1)C(C)(C)C2NC(=O)[C@H](N)c1ccccc1. The molecule has 0 spiro atoms. The Morgan fingerprint density at radius 3 is 2.52 bits per heavy atom. The molecule has 3 nitrogen and oxygen atoms in total. The van der Waals surface area contributed by atoms with Crippen molar-refractivity contribution >= 4 is 5.91 Å². The maximum Gasteiger partial charge on any atom is 0.241 e. The fourth-order valence-corrected chi connectivity index (χ4v) is 4.71. The summed E-state index contributed by atoms with van der Waals surface area (Å²) in [6, 6.07) is 9.26. The second kappa shape index (κ2) is 4.84. The minimum Gasteiger partial charge on any atom is -0.351 e. The Morgan fingerprint density at radius 2 is 1.95 bits per heavy atom. The lowest BCUT2D eigenvalue weighted by Crippen LogP contribution is -2.54. The number of amides is 1. The predicted molar refractivity (Wildman–Crippen MR) is 84.5 cm³/mol. The van der Waals surface area contributed by atoms with Crippen LogP contribution in [0.1, 0.15) is 51.6 Å². The first kappa shape index (κ1) is 14.6. The standard InChI is InChI=1S/C18H26N2O/c1-17(2)13-9-10-18(3,11-13)16(17)20-15(21)14(19)12-7-5-4-6-8-12/h4-8,13-14,16H,9-11,19H2,1-3H3,(H,20,21)/t13?,14-,16?,18?/m1/s1. The molecule has 1 amide bonds. The first-order valence-electron chi connectivity index (χ1n) is 7.95. The fraction of sp³-hybridized carbons (Fsp3) is 0.611. The summed E-state index contributed by atoms with van der Waals surface area (Å²) < 4.78 is 0. The van der Waals surface area contributed by atoms with Crippen molar-refractivity contribution in [3.63, 3.8) is 0 Å². The minimum atomic E-state index is -0.579. The third-order valence-corrected chi connectivity index (χ3v) is 6.00. The number of benzene rings is 1. The lowest BCUT2D eigenvalue weighted by atomic mass is 9.68. The number of rotatable bonds is 3. The molecule has 1 aromatic rings. The van der Waals surface area contributed by atoms with Gasteiger partial charge in [-0.3, -0.25) is 4.79 Å². The summed E-state index contributed by atoms with van der Waals surface area (Å²) in [5.74, 6) is 0.675. The van der Waals surface area contributed by atoms with E-state index in [0.717, 1.165) is 11.5 Å². The van der Waals surface area contributed by atoms with Crippen LogP contribution < -0.4 is 11.1 Å². The molecule has 0 aliphatic heterocycles. The molecular weight excluding hydrogens is 260 g/mol. The van der Waals surface area contributed by atoms with Crippen LogP contribution in [0.4, 0.5) is 0 Å². The molecule has 21 heavy (non-hydrogen) atoms. The van der Waals surface area contributed by atoms with Crippen molar-refractivity contribution in [3.8, 4) is 0 Å². The molecule has 2 aliphatic carbocycles. The molecule has 2 saturated carbocycles. The Bertz CT molecular complexity index is 535. The molecule has 0 saturated heterocycles. The Balaban J connectivity index is 1.76. The van der Waals surface area contributed by atoms with Crippen LogP contribution >= 0.6 is 0 Å². The van der Waals surface area contributed by atoms with Gasteiger partial charge in [-0.1, -0.05) is 51.1 Å². The van der Waals surface area contributed by atoms with Gasteiger partial charge in [0.15, 0.2) is 0 Å². The molecule has 0 radical (unpaired) electrons. The number of carbonyl (C=O) groups is 1. The molecule has 0 aromatic heterocycles. The van der Waals surface area contributed by atoms with E-state index in [4.69, 9.17) is 5.73 Å². The summed E-state index contributed by atoms with van der Waals surface area (Å²) in [4.78, 5) is 12.6. The number of hydrogen-bond donors (Lipinski definition) is 2. The van der Waals surface area contributed by atoms with E-state index < -0.39 is 6.04 Å². The Labute approximate surface area is 127 Å². The van der Waals surface area contributed by atoms with Gasteiger partial charge in [-0.15, -0.1) is 0 Å². The normalized spacial score (nSPS) is 34.7. The van der Waals surface area contributed by atoms with Gasteiger partial charge in [0, 0.05) is 6.04 Å². The molecular formula is C18H26N2O. The van der Waals surface area contributed by atoms with Crippen LogP contribution in [0.3, 0.4) is 0 Å². The summed E-state index contributed by atoms with van der Waals surface area (Å²) >= 11 is 0. The average Bonchev–Trinajstić information content (AvgIpc) is 2.94. The average molecular weight is 286 g/mol. The molecule has 2 aliphatic rings. The van der Waals surface area contributed by atoms with Crippen molar-refractivity contribution in [1.82, 2.24) is 5.32 Å². The van der Waals surface area contributed by atoms with Crippen molar-refractivity contribution in [3.05, 3.63) is 35.9 Å². The number of hydrogen-bond acceptors (Lipinski definition) is 2. The highest BCUT2D eigenvalue weighted by atomic mass is 16.2. The first-order valence-corrected chi connectivity index (χ1v) is 7.95. The van der Waals surface area contributed by atoms with Crippen molar-refractivity contribution in [2.75, 3.05) is 0 Å². The molecule has 0 heterocycles. The molecule has 2 fully saturated rings. The molecule has 114 valence electrons. The van der Waals surface area contributed by atoms with Crippen LogP contribution in [0.15, 0.2) is 30.3 Å². The van der Waals surface area contributed by atoms with Crippen LogP contribution in [0, 0.1) is 16.7 Å². The lowest BCUT2D eigenvalue weighted by molar-refractivity contribution is -0.125. The number of fused-ring (bicyclic) bond motifs is 2. The highest BCUT2D eigenvalue weighted by Crippen LogP contribution is 2.62. The number of nitrogens with one attached hydrogen (secondary N) is 1. The smallest absolute Gasteiger partial charge is 0.241 e. The predicted octanol–water partition coefficient (Wildman–Crippen LogP) is 3.02. The Hall–Kier alpha value is -1.35. The van der Waals surface area contributed by atoms with E-state index in [0.29, 0.717) is 0 Å². The maximum absolute atomic E-state index is 12.6. The number of carbonyl (C=O) groups excluding carboxylic acids is 1. The first-order chi connectivity index (χ1) is 9.84. The number of nitrogens with two attached hydrogens (primary N) is 1. The molecule has 1 aromatic carbocycles. The van der Waals surface area contributed by atoms with Crippen LogP contribution in [-0.4, -0.2) is 11.9 Å². The van der Waals surface area contributed by atoms with E-state index in [-0.39, 0.29) is 22.8 Å². The van der Waals surface area contributed by atoms with E-state index >= 15 is 0 Å². The molecule has 2 bridgehead atoms. The van der Waals surface area contributed by atoms with Gasteiger partial charge in [-0.2, -0.15) is 0 Å². The highest BCUT2D eigenvalue weighted by Gasteiger charge is 2.59. The summed E-state index contributed by atoms with van der Waals surface area (Å²) in [6.07, 6.45) is 3.73. The molecule has 4 atom stereocenters. The van der Waals surface area contributed by atoms with Gasteiger partial charge in [0.1, 0.15) is 6.04 Å². The minimum absolute atomic E-state index is 0.0481. The van der Waals surface area contributed by atoms with Crippen LogP contribution in [0.5, 0.6) is 0 Å². The monoisotopic (exact) mass is 286 g/mol. The zero-order valence-corrected chi connectivity index (χ0v) is 13.2. The zero-order valence-electron chi connectivity index (χ0n) is 13.2. The van der Waals surface area contributed by atoms with Crippen molar-refractivity contribution in [2.24, 2.45) is 22.5 Å². The quantitative estimate of drug-likeness (QED) is 0.897. The van der Waals surface area contributed by atoms with Crippen LogP contribution in [0.2, 0.25) is 0 Å². The fourth-order valence-electron chi connectivity index (χ4n) is 4.71. The van der Waals surface area contributed by atoms with Gasteiger partial charge >= 0.3 is 0 Å². The summed E-state index contributed by atoms with van der Waals surface area (Å²) in [6.45, 7) is 6.91. The van der Waals surface area contributed by atoms with E-state index in [1.54, 1.807) is 0 Å². The second-order valence-corrected chi connectivity index (χ2v) is 7.75. The third-order valence-electron chi connectivity index (χ3n) is 6.00. The summed E-state index contributed by atoms with van der Waals surface area (Å²) in [7, 11) is 0. The van der Waals surface area contributed by atoms with Gasteiger partial charge in [-0.25, -0.2) is 0 Å².